The quantitative estimate of drug-likeness (QED) is 0.458. The van der Waals surface area contributed by atoms with Gasteiger partial charge >= 0.3 is 0 Å². The van der Waals surface area contributed by atoms with E-state index in [1.807, 2.05) is 13.2 Å². The molecule has 1 atom stereocenters. The molecule has 2 aromatic rings. The number of pyridine rings is 1. The molecule has 0 spiro atoms. The van der Waals surface area contributed by atoms with Crippen LogP contribution in [0.4, 0.5) is 11.4 Å². The van der Waals surface area contributed by atoms with Crippen LogP contribution in [0.15, 0.2) is 60.3 Å². The van der Waals surface area contributed by atoms with E-state index in [1.54, 1.807) is 30.1 Å². The summed E-state index contributed by atoms with van der Waals surface area (Å²) in [6.07, 6.45) is 10.6. The Labute approximate surface area is 177 Å². The van der Waals surface area contributed by atoms with Crippen LogP contribution in [0.2, 0.25) is 0 Å². The molecule has 158 valence electrons. The normalized spacial score (nSPS) is 13.8. The van der Waals surface area contributed by atoms with Crippen molar-refractivity contribution in [3.8, 4) is 0 Å². The maximum Gasteiger partial charge on any atom is 0.259 e. The summed E-state index contributed by atoms with van der Waals surface area (Å²) < 4.78 is 1.74. The third-order valence-electron chi connectivity index (χ3n) is 4.76. The van der Waals surface area contributed by atoms with Gasteiger partial charge in [0.2, 0.25) is 0 Å². The van der Waals surface area contributed by atoms with E-state index < -0.39 is 5.91 Å². The molecular formula is C22H29N7O. The van der Waals surface area contributed by atoms with Crippen LogP contribution < -0.4 is 16.8 Å². The lowest BCUT2D eigenvalue weighted by atomic mass is 9.95. The molecular weight excluding hydrogens is 378 g/mol. The van der Waals surface area contributed by atoms with Gasteiger partial charge in [0.05, 0.1) is 40.7 Å². The molecule has 0 radical (unpaired) electrons. The molecule has 30 heavy (non-hydrogen) atoms. The number of allylic oxidation sites excluding steroid dienone is 2. The van der Waals surface area contributed by atoms with Gasteiger partial charge in [-0.25, -0.2) is 0 Å². The van der Waals surface area contributed by atoms with Crippen LogP contribution in [-0.2, 0) is 11.8 Å². The highest BCUT2D eigenvalue weighted by molar-refractivity contribution is 6.29. The Kier molecular flexibility index (Phi) is 7.69. The lowest BCUT2D eigenvalue weighted by Gasteiger charge is -2.13. The number of nitrogens with two attached hydrogens (primary N) is 2. The second-order valence-corrected chi connectivity index (χ2v) is 6.95. The van der Waals surface area contributed by atoms with E-state index in [0.717, 1.165) is 17.6 Å². The summed E-state index contributed by atoms with van der Waals surface area (Å²) in [7, 11) is 1.86. The van der Waals surface area contributed by atoms with Crippen molar-refractivity contribution < 1.29 is 4.79 Å². The molecule has 0 saturated heterocycles. The van der Waals surface area contributed by atoms with Crippen molar-refractivity contribution in [1.29, 1.82) is 0 Å². The first kappa shape index (κ1) is 22.6. The number of aryl methyl sites for hydroxylation is 2. The molecule has 8 nitrogen and oxygen atoms in total. The molecule has 2 aromatic heterocycles. The average Bonchev–Trinajstić information content (AvgIpc) is 3.15. The first-order chi connectivity index (χ1) is 14.3. The predicted octanol–water partition coefficient (Wildman–Crippen LogP) is 3.20. The molecule has 0 aromatic carbocycles. The minimum absolute atomic E-state index is 0.192. The predicted molar refractivity (Wildman–Crippen MR) is 123 cm³/mol. The van der Waals surface area contributed by atoms with E-state index >= 15 is 0 Å². The van der Waals surface area contributed by atoms with Crippen molar-refractivity contribution in [2.75, 3.05) is 11.1 Å². The fourth-order valence-corrected chi connectivity index (χ4v) is 2.79. The van der Waals surface area contributed by atoms with Gasteiger partial charge in [0, 0.05) is 31.2 Å². The Morgan fingerprint density at radius 1 is 1.43 bits per heavy atom. The van der Waals surface area contributed by atoms with Gasteiger partial charge in [0.1, 0.15) is 0 Å². The highest BCUT2D eigenvalue weighted by atomic mass is 16.1. The first-order valence-corrected chi connectivity index (χ1v) is 9.65. The van der Waals surface area contributed by atoms with Gasteiger partial charge < -0.3 is 16.8 Å². The van der Waals surface area contributed by atoms with Crippen LogP contribution in [0.5, 0.6) is 0 Å². The molecule has 0 aliphatic rings. The Morgan fingerprint density at radius 2 is 2.17 bits per heavy atom. The Bertz CT molecular complexity index is 1010. The minimum atomic E-state index is -0.425. The maximum absolute atomic E-state index is 12.8. The largest absolute Gasteiger partial charge is 0.404 e. The SMILES string of the molecule is C=CC(=N/C=C(/c1cnn(C)c1)C(C)CC)/C(=C\N)C(=O)Nc1cc(N)cnc1C. The van der Waals surface area contributed by atoms with E-state index in [0.29, 0.717) is 22.8 Å². The summed E-state index contributed by atoms with van der Waals surface area (Å²) in [6, 6.07) is 1.64. The number of aromatic nitrogens is 3. The molecule has 8 heteroatoms. The maximum atomic E-state index is 12.8. The van der Waals surface area contributed by atoms with Gasteiger partial charge in [-0.15, -0.1) is 0 Å². The third kappa shape index (κ3) is 5.44. The lowest BCUT2D eigenvalue weighted by Crippen LogP contribution is -2.21. The summed E-state index contributed by atoms with van der Waals surface area (Å²) in [6.45, 7) is 9.78. The fourth-order valence-electron chi connectivity index (χ4n) is 2.79. The topological polar surface area (TPSA) is 124 Å². The van der Waals surface area contributed by atoms with Gasteiger partial charge in [-0.05, 0) is 37.0 Å². The molecule has 0 aliphatic carbocycles. The van der Waals surface area contributed by atoms with Crippen molar-refractivity contribution in [3.05, 3.63) is 66.5 Å². The van der Waals surface area contributed by atoms with Gasteiger partial charge in [0.15, 0.2) is 0 Å². The van der Waals surface area contributed by atoms with Gasteiger partial charge in [-0.3, -0.25) is 19.5 Å². The number of nitrogens with one attached hydrogen (secondary N) is 1. The monoisotopic (exact) mass is 407 g/mol. The molecule has 1 amide bonds. The van der Waals surface area contributed by atoms with Crippen molar-refractivity contribution in [2.24, 2.45) is 23.7 Å². The molecule has 0 bridgehead atoms. The molecule has 1 unspecified atom stereocenters. The number of carbonyl (C=O) groups is 1. The van der Waals surface area contributed by atoms with Gasteiger partial charge in [-0.2, -0.15) is 5.10 Å². The highest BCUT2D eigenvalue weighted by Crippen LogP contribution is 2.25. The van der Waals surface area contributed by atoms with E-state index in [9.17, 15) is 4.79 Å². The third-order valence-corrected chi connectivity index (χ3v) is 4.76. The number of rotatable bonds is 8. The molecule has 0 saturated carbocycles. The van der Waals surface area contributed by atoms with Crippen molar-refractivity contribution >= 4 is 28.6 Å². The standard InChI is InChI=1S/C22H29N7O/c1-6-14(3)19(16-10-27-29(5)13-16)12-26-20(7-2)18(9-23)22(30)28-21-8-17(24)11-25-15(21)4/h7-14H,2,6,23-24H2,1,3-5H3,(H,28,30)/b18-9+,19-12+,26-20-. The van der Waals surface area contributed by atoms with Crippen LogP contribution in [0.3, 0.4) is 0 Å². The highest BCUT2D eigenvalue weighted by Gasteiger charge is 2.16. The summed E-state index contributed by atoms with van der Waals surface area (Å²) >= 11 is 0. The minimum Gasteiger partial charge on any atom is -0.404 e. The second-order valence-electron chi connectivity index (χ2n) is 6.95. The number of amides is 1. The van der Waals surface area contributed by atoms with Crippen LogP contribution in [-0.4, -0.2) is 26.4 Å². The Hall–Kier alpha value is -3.68. The number of anilines is 2. The van der Waals surface area contributed by atoms with Crippen LogP contribution in [0.1, 0.15) is 31.5 Å². The summed E-state index contributed by atoms with van der Waals surface area (Å²) in [4.78, 5) is 21.5. The summed E-state index contributed by atoms with van der Waals surface area (Å²) in [5.41, 5.74) is 15.7. The number of carbonyl (C=O) groups excluding carboxylic acids is 1. The van der Waals surface area contributed by atoms with Crippen molar-refractivity contribution in [2.45, 2.75) is 27.2 Å². The second kappa shape index (κ2) is 10.2. The van der Waals surface area contributed by atoms with E-state index in [2.05, 4.69) is 40.8 Å². The molecule has 0 aliphatic heterocycles. The Morgan fingerprint density at radius 3 is 2.73 bits per heavy atom. The van der Waals surface area contributed by atoms with Crippen molar-refractivity contribution in [1.82, 2.24) is 14.8 Å². The summed E-state index contributed by atoms with van der Waals surface area (Å²) in [5.74, 6) is -0.171. The number of nitrogens with zero attached hydrogens (tertiary/aromatic N) is 4. The van der Waals surface area contributed by atoms with Crippen LogP contribution >= 0.6 is 0 Å². The molecule has 0 fully saturated rings. The smallest absolute Gasteiger partial charge is 0.259 e. The molecule has 2 heterocycles. The number of hydrogen-bond acceptors (Lipinski definition) is 6. The van der Waals surface area contributed by atoms with Crippen molar-refractivity contribution in [3.63, 3.8) is 0 Å². The molecule has 5 N–H and O–H groups in total. The van der Waals surface area contributed by atoms with E-state index in [-0.39, 0.29) is 11.5 Å². The lowest BCUT2D eigenvalue weighted by molar-refractivity contribution is -0.112. The zero-order chi connectivity index (χ0) is 22.3. The zero-order valence-corrected chi connectivity index (χ0v) is 17.9. The fraction of sp³-hybridized carbons (Fsp3) is 0.273. The van der Waals surface area contributed by atoms with E-state index in [1.165, 1.54) is 18.5 Å². The number of hydrogen-bond donors (Lipinski definition) is 3. The Balaban J connectivity index is 2.37. The van der Waals surface area contributed by atoms with E-state index in [4.69, 9.17) is 11.5 Å². The zero-order valence-electron chi connectivity index (χ0n) is 17.9. The first-order valence-electron chi connectivity index (χ1n) is 9.65. The van der Waals surface area contributed by atoms with Crippen LogP contribution in [0.25, 0.3) is 5.57 Å². The van der Waals surface area contributed by atoms with Crippen LogP contribution in [0, 0.1) is 12.8 Å². The summed E-state index contributed by atoms with van der Waals surface area (Å²) in [5, 5.41) is 7.02. The number of aliphatic imine (C=N–C) groups is 1. The van der Waals surface area contributed by atoms with Gasteiger partial charge in [0.25, 0.3) is 5.91 Å². The molecule has 2 rings (SSSR count). The van der Waals surface area contributed by atoms with Gasteiger partial charge in [-0.1, -0.05) is 20.4 Å². The number of nitrogen functional groups attached to an aromatic ring is 1. The average molecular weight is 408 g/mol.